The maximum absolute atomic E-state index is 5.94. The Hall–Kier alpha value is -2.01. The van der Waals surface area contributed by atoms with Crippen LogP contribution in [0.4, 0.5) is 0 Å². The third-order valence-electron chi connectivity index (χ3n) is 2.99. The second kappa shape index (κ2) is 5.75. The number of nitrogens with zero attached hydrogens (tertiary/aromatic N) is 2. The average molecular weight is 261 g/mol. The monoisotopic (exact) mass is 261 g/mol. The lowest BCUT2D eigenvalue weighted by Gasteiger charge is -2.15. The fourth-order valence-electron chi connectivity index (χ4n) is 1.82. The predicted octanol–water partition coefficient (Wildman–Crippen LogP) is 2.03. The first-order valence-electron chi connectivity index (χ1n) is 6.14. The molecule has 1 unspecified atom stereocenters. The van der Waals surface area contributed by atoms with Crippen molar-refractivity contribution in [3.05, 3.63) is 42.0 Å². The molecule has 0 saturated carbocycles. The number of aryl methyl sites for hydroxylation is 1. The number of aromatic nitrogens is 2. The predicted molar refractivity (Wildman–Crippen MR) is 73.1 cm³/mol. The molecule has 0 saturated heterocycles. The molecule has 19 heavy (non-hydrogen) atoms. The fourth-order valence-corrected chi connectivity index (χ4v) is 1.82. The highest BCUT2D eigenvalue weighted by Gasteiger charge is 2.11. The smallest absolute Gasteiger partial charge is 0.146 e. The van der Waals surface area contributed by atoms with E-state index in [1.807, 2.05) is 42.9 Å². The molecule has 0 aliphatic heterocycles. The highest BCUT2D eigenvalue weighted by molar-refractivity contribution is 5.42. The summed E-state index contributed by atoms with van der Waals surface area (Å²) in [5.74, 6) is 2.34. The summed E-state index contributed by atoms with van der Waals surface area (Å²) < 4.78 is 13.0. The van der Waals surface area contributed by atoms with Crippen molar-refractivity contribution in [1.82, 2.24) is 9.55 Å². The van der Waals surface area contributed by atoms with Gasteiger partial charge < -0.3 is 19.8 Å². The molecular weight excluding hydrogens is 242 g/mol. The zero-order valence-electron chi connectivity index (χ0n) is 11.5. The van der Waals surface area contributed by atoms with Gasteiger partial charge in [-0.2, -0.15) is 0 Å². The summed E-state index contributed by atoms with van der Waals surface area (Å²) in [7, 11) is 3.56. The van der Waals surface area contributed by atoms with Crippen LogP contribution < -0.4 is 15.2 Å². The third kappa shape index (κ3) is 3.06. The fraction of sp³-hybridized carbons (Fsp3) is 0.357. The first-order valence-corrected chi connectivity index (χ1v) is 6.14. The minimum Gasteiger partial charge on any atom is -0.497 e. The summed E-state index contributed by atoms with van der Waals surface area (Å²) in [6.45, 7) is 2.33. The van der Waals surface area contributed by atoms with Gasteiger partial charge in [0.1, 0.15) is 23.9 Å². The van der Waals surface area contributed by atoms with Crippen molar-refractivity contribution in [3.8, 4) is 11.5 Å². The van der Waals surface area contributed by atoms with Crippen LogP contribution in [0.25, 0.3) is 0 Å². The summed E-state index contributed by atoms with van der Waals surface area (Å²) in [4.78, 5) is 4.22. The molecule has 0 radical (unpaired) electrons. The highest BCUT2D eigenvalue weighted by Crippen LogP contribution is 2.29. The lowest BCUT2D eigenvalue weighted by Crippen LogP contribution is -2.09. The van der Waals surface area contributed by atoms with E-state index < -0.39 is 0 Å². The van der Waals surface area contributed by atoms with Gasteiger partial charge in [-0.1, -0.05) is 6.07 Å². The van der Waals surface area contributed by atoms with Gasteiger partial charge in [0.05, 0.1) is 7.11 Å². The Labute approximate surface area is 113 Å². The van der Waals surface area contributed by atoms with Crippen molar-refractivity contribution in [2.75, 3.05) is 7.11 Å². The standard InChI is InChI=1S/C14H19N3O2/c1-10(15)12-5-4-11(18-3)8-13(12)19-9-14-16-6-7-17(14)2/h4-8,10H,9,15H2,1-3H3. The van der Waals surface area contributed by atoms with Gasteiger partial charge in [-0.05, 0) is 13.0 Å². The Kier molecular flexibility index (Phi) is 4.06. The Morgan fingerprint density at radius 3 is 2.79 bits per heavy atom. The largest absolute Gasteiger partial charge is 0.497 e. The second-order valence-electron chi connectivity index (χ2n) is 4.44. The Morgan fingerprint density at radius 1 is 1.42 bits per heavy atom. The zero-order chi connectivity index (χ0) is 13.8. The van der Waals surface area contributed by atoms with E-state index in [4.69, 9.17) is 15.2 Å². The first-order chi connectivity index (χ1) is 9.11. The van der Waals surface area contributed by atoms with Crippen LogP contribution in [-0.4, -0.2) is 16.7 Å². The number of methoxy groups -OCH3 is 1. The summed E-state index contributed by atoms with van der Waals surface area (Å²) in [6, 6.07) is 5.56. The Balaban J connectivity index is 2.20. The maximum atomic E-state index is 5.94. The van der Waals surface area contributed by atoms with Gasteiger partial charge in [0.25, 0.3) is 0 Å². The van der Waals surface area contributed by atoms with Crippen LogP contribution in [0.5, 0.6) is 11.5 Å². The van der Waals surface area contributed by atoms with Gasteiger partial charge >= 0.3 is 0 Å². The van der Waals surface area contributed by atoms with Gasteiger partial charge in [0.15, 0.2) is 0 Å². The van der Waals surface area contributed by atoms with Crippen LogP contribution in [0.3, 0.4) is 0 Å². The second-order valence-corrected chi connectivity index (χ2v) is 4.44. The molecule has 0 aliphatic rings. The highest BCUT2D eigenvalue weighted by atomic mass is 16.5. The maximum Gasteiger partial charge on any atom is 0.146 e. The van der Waals surface area contributed by atoms with Crippen molar-refractivity contribution in [2.45, 2.75) is 19.6 Å². The van der Waals surface area contributed by atoms with Gasteiger partial charge in [0.2, 0.25) is 0 Å². The lowest BCUT2D eigenvalue weighted by atomic mass is 10.1. The molecule has 0 amide bonds. The van der Waals surface area contributed by atoms with Crippen LogP contribution in [0, 0.1) is 0 Å². The molecule has 2 rings (SSSR count). The van der Waals surface area contributed by atoms with Gasteiger partial charge in [-0.25, -0.2) is 4.98 Å². The van der Waals surface area contributed by atoms with E-state index in [2.05, 4.69) is 4.98 Å². The molecular formula is C14H19N3O2. The van der Waals surface area contributed by atoms with Crippen molar-refractivity contribution < 1.29 is 9.47 Å². The molecule has 0 fully saturated rings. The number of benzene rings is 1. The van der Waals surface area contributed by atoms with E-state index in [-0.39, 0.29) is 6.04 Å². The van der Waals surface area contributed by atoms with E-state index in [9.17, 15) is 0 Å². The van der Waals surface area contributed by atoms with Crippen molar-refractivity contribution in [3.63, 3.8) is 0 Å². The van der Waals surface area contributed by atoms with Crippen LogP contribution >= 0.6 is 0 Å². The third-order valence-corrected chi connectivity index (χ3v) is 2.99. The van der Waals surface area contributed by atoms with Crippen LogP contribution in [-0.2, 0) is 13.7 Å². The molecule has 1 aromatic heterocycles. The Bertz CT molecular complexity index is 549. The molecule has 1 atom stereocenters. The normalized spacial score (nSPS) is 12.2. The molecule has 2 N–H and O–H groups in total. The van der Waals surface area contributed by atoms with E-state index in [1.165, 1.54) is 0 Å². The van der Waals surface area contributed by atoms with E-state index in [1.54, 1.807) is 13.3 Å². The van der Waals surface area contributed by atoms with Crippen molar-refractivity contribution in [2.24, 2.45) is 12.8 Å². The molecule has 5 heteroatoms. The molecule has 102 valence electrons. The molecule has 5 nitrogen and oxygen atoms in total. The number of hydrogen-bond acceptors (Lipinski definition) is 4. The van der Waals surface area contributed by atoms with Crippen LogP contribution in [0.1, 0.15) is 24.4 Å². The Morgan fingerprint density at radius 2 is 2.21 bits per heavy atom. The number of hydrogen-bond donors (Lipinski definition) is 1. The van der Waals surface area contributed by atoms with Crippen LogP contribution in [0.2, 0.25) is 0 Å². The molecule has 2 aromatic rings. The first kappa shape index (κ1) is 13.4. The minimum atomic E-state index is -0.0951. The quantitative estimate of drug-likeness (QED) is 0.894. The van der Waals surface area contributed by atoms with Crippen LogP contribution in [0.15, 0.2) is 30.6 Å². The minimum absolute atomic E-state index is 0.0951. The summed E-state index contributed by atoms with van der Waals surface area (Å²) in [5.41, 5.74) is 6.90. The average Bonchev–Trinajstić information content (AvgIpc) is 2.81. The van der Waals surface area contributed by atoms with E-state index >= 15 is 0 Å². The number of nitrogens with two attached hydrogens (primary N) is 1. The molecule has 1 aromatic carbocycles. The molecule has 1 heterocycles. The number of imidazole rings is 1. The molecule has 0 spiro atoms. The number of rotatable bonds is 5. The zero-order valence-corrected chi connectivity index (χ0v) is 11.5. The summed E-state index contributed by atoms with van der Waals surface area (Å²) >= 11 is 0. The molecule has 0 bridgehead atoms. The topological polar surface area (TPSA) is 62.3 Å². The van der Waals surface area contributed by atoms with Gasteiger partial charge in [-0.15, -0.1) is 0 Å². The van der Waals surface area contributed by atoms with Gasteiger partial charge in [0, 0.05) is 37.1 Å². The van der Waals surface area contributed by atoms with Crippen molar-refractivity contribution in [1.29, 1.82) is 0 Å². The summed E-state index contributed by atoms with van der Waals surface area (Å²) in [5, 5.41) is 0. The van der Waals surface area contributed by atoms with E-state index in [0.717, 1.165) is 22.9 Å². The molecule has 0 aliphatic carbocycles. The number of ether oxygens (including phenoxy) is 2. The summed E-state index contributed by atoms with van der Waals surface area (Å²) in [6.07, 6.45) is 3.63. The lowest BCUT2D eigenvalue weighted by molar-refractivity contribution is 0.285. The van der Waals surface area contributed by atoms with Crippen molar-refractivity contribution >= 4 is 0 Å². The van der Waals surface area contributed by atoms with Gasteiger partial charge in [-0.3, -0.25) is 0 Å². The SMILES string of the molecule is COc1ccc(C(C)N)c(OCc2nccn2C)c1. The van der Waals surface area contributed by atoms with E-state index in [0.29, 0.717) is 6.61 Å².